The van der Waals surface area contributed by atoms with Crippen LogP contribution in [0.25, 0.3) is 16.1 Å². The van der Waals surface area contributed by atoms with E-state index in [4.69, 9.17) is 12.5 Å². The number of aromatic nitrogens is 1. The summed E-state index contributed by atoms with van der Waals surface area (Å²) in [4.78, 5) is 5.29. The van der Waals surface area contributed by atoms with Crippen molar-refractivity contribution in [2.45, 2.75) is 11.8 Å². The van der Waals surface area contributed by atoms with Gasteiger partial charge in [0, 0.05) is 4.88 Å². The van der Waals surface area contributed by atoms with Crippen LogP contribution in [0.3, 0.4) is 0 Å². The van der Waals surface area contributed by atoms with Crippen molar-refractivity contribution in [1.29, 1.82) is 0 Å². The minimum atomic E-state index is -3.82. The Labute approximate surface area is 267 Å². The first-order chi connectivity index (χ1) is 20.7. The Morgan fingerprint density at radius 2 is 1.65 bits per heavy atom. The minimum absolute atomic E-state index is 0.0535. The molecule has 10 nitrogen and oxygen atoms in total. The van der Waals surface area contributed by atoms with E-state index in [-0.39, 0.29) is 10.1 Å². The average molecular weight is 713 g/mol. The molecule has 0 saturated heterocycles. The average Bonchev–Trinajstić information content (AvgIpc) is 3.52. The van der Waals surface area contributed by atoms with Gasteiger partial charge in [0.2, 0.25) is 0 Å². The molecule has 0 aliphatic carbocycles. The number of hydrogen-bond donors (Lipinski definition) is 1. The fraction of sp³-hybridized carbons (Fsp3) is 0.0345. The summed E-state index contributed by atoms with van der Waals surface area (Å²) in [5, 5.41) is 15.7. The van der Waals surface area contributed by atoms with Gasteiger partial charge in [0.05, 0.1) is 16.8 Å². The van der Waals surface area contributed by atoms with Crippen molar-refractivity contribution < 1.29 is 33.7 Å². The molecule has 3 aromatic carbocycles. The van der Waals surface area contributed by atoms with Crippen LogP contribution in [0.5, 0.6) is 0 Å². The monoisotopic (exact) mass is 714 g/mol. The van der Waals surface area contributed by atoms with E-state index in [0.717, 1.165) is 21.2 Å². The molecule has 0 radical (unpaired) electrons. The van der Waals surface area contributed by atoms with Crippen molar-refractivity contribution >= 4 is 73.4 Å². The molecule has 14 heteroatoms. The Morgan fingerprint density at radius 1 is 0.953 bits per heavy atom. The molecular weight excluding hydrogens is 688 g/mol. The van der Waals surface area contributed by atoms with Gasteiger partial charge < -0.3 is 28.7 Å². The number of hydrogen-bond acceptors (Lipinski definition) is 9. The maximum atomic E-state index is 12.7. The Kier molecular flexibility index (Phi) is 13.2. The van der Waals surface area contributed by atoms with Gasteiger partial charge in [-0.1, -0.05) is 84.8 Å². The number of pyridine rings is 1. The van der Waals surface area contributed by atoms with Crippen molar-refractivity contribution in [3.63, 3.8) is 0 Å². The van der Waals surface area contributed by atoms with Gasteiger partial charge in [-0.3, -0.25) is 0 Å². The first-order valence-corrected chi connectivity index (χ1v) is 16.6. The van der Waals surface area contributed by atoms with E-state index in [2.05, 4.69) is 37.5 Å². The van der Waals surface area contributed by atoms with Crippen molar-refractivity contribution in [3.8, 4) is 0 Å². The Morgan fingerprint density at radius 3 is 2.28 bits per heavy atom. The third-order valence-electron chi connectivity index (χ3n) is 5.34. The first-order valence-electron chi connectivity index (χ1n) is 12.2. The summed E-state index contributed by atoms with van der Waals surface area (Å²) in [6.45, 7) is 1.70. The second-order valence-corrected chi connectivity index (χ2v) is 11.6. The molecule has 0 saturated carbocycles. The summed E-state index contributed by atoms with van der Waals surface area (Å²) >= 11 is 4.04. The van der Waals surface area contributed by atoms with Gasteiger partial charge >= 0.3 is 25.3 Å². The maximum absolute atomic E-state index is 12.7. The fourth-order valence-electron chi connectivity index (χ4n) is 3.45. The number of fused-ring (bicyclic) bond motifs is 1. The van der Waals surface area contributed by atoms with Crippen LogP contribution in [0.2, 0.25) is 0 Å². The van der Waals surface area contributed by atoms with E-state index in [1.165, 1.54) is 12.1 Å². The molecule has 0 bridgehead atoms. The number of thiophene rings is 1. The van der Waals surface area contributed by atoms with Crippen molar-refractivity contribution in [2.24, 2.45) is 20.3 Å². The summed E-state index contributed by atoms with van der Waals surface area (Å²) in [7, 11) is -3.82. The molecule has 218 valence electrons. The predicted octanol–water partition coefficient (Wildman–Crippen LogP) is 6.47. The van der Waals surface area contributed by atoms with Crippen LogP contribution in [0.4, 0.5) is 11.5 Å². The van der Waals surface area contributed by atoms with Gasteiger partial charge in [0.1, 0.15) is 0 Å². The molecule has 2 heterocycles. The first kappa shape index (κ1) is 33.3. The standard InChI is InChI=1S/C23H18N3O2S.C6H7N3S2.Mo.2O/c1-17(19-10-9-18-6-2-3-7-20(18)16-19)26-29(27,28)22-13-11-21(12-14-22)25-23-8-4-5-15-24-23;7-6(10)9-8-4-5-2-1-3-11-5;;;/h2-16H,1H3;1-4H,(H3,7,9,10);;;/q-1;;+2;;/p-1/b26-17+;8-4-;;;. The number of benzene rings is 3. The molecule has 0 aliphatic heterocycles. The van der Waals surface area contributed by atoms with Crippen LogP contribution in [-0.2, 0) is 47.9 Å². The van der Waals surface area contributed by atoms with Gasteiger partial charge in [-0.15, -0.1) is 11.3 Å². The quantitative estimate of drug-likeness (QED) is 0.0666. The van der Waals surface area contributed by atoms with E-state index < -0.39 is 28.5 Å². The zero-order valence-electron chi connectivity index (χ0n) is 22.5. The van der Waals surface area contributed by atoms with Crippen LogP contribution in [-0.4, -0.2) is 30.5 Å². The zero-order valence-corrected chi connectivity index (χ0v) is 27.0. The van der Waals surface area contributed by atoms with E-state index in [1.54, 1.807) is 48.9 Å². The Bertz CT molecular complexity index is 1850. The molecule has 0 fully saturated rings. The van der Waals surface area contributed by atoms with Crippen LogP contribution in [0.1, 0.15) is 17.4 Å². The number of sulfonamides is 1. The molecule has 2 aromatic heterocycles. The second-order valence-electron chi connectivity index (χ2n) is 8.27. The van der Waals surface area contributed by atoms with Gasteiger partial charge in [-0.2, -0.15) is 23.0 Å². The third kappa shape index (κ3) is 11.2. The molecule has 0 spiro atoms. The molecule has 5 aromatic rings. The molecular formula is C29H24MoN6O4S3. The summed E-state index contributed by atoms with van der Waals surface area (Å²) in [6.07, 6.45) is 3.27. The van der Waals surface area contributed by atoms with Crippen molar-refractivity contribution in [3.05, 3.63) is 124 Å². The summed E-state index contributed by atoms with van der Waals surface area (Å²) in [5.41, 5.74) is 6.92. The SMILES string of the molecule is C/C(=N\S(=O)(=O)c1ccc([N-]c2ccccn2)cc1)c1ccc2ccccc2c1.N/C([S-])=N/N=C\c1cccs1.[O]=[Mo+2]=[O]. The predicted molar refractivity (Wildman–Crippen MR) is 169 cm³/mol. The Hall–Kier alpha value is -4.16. The summed E-state index contributed by atoms with van der Waals surface area (Å²) in [5.74, 6) is 0.563. The number of rotatable bonds is 7. The molecule has 0 unspecified atom stereocenters. The van der Waals surface area contributed by atoms with Gasteiger partial charge in [0.15, 0.2) is 0 Å². The third-order valence-corrected chi connectivity index (χ3v) is 7.61. The van der Waals surface area contributed by atoms with E-state index in [1.807, 2.05) is 72.1 Å². The van der Waals surface area contributed by atoms with Crippen LogP contribution >= 0.6 is 11.3 Å². The number of amidine groups is 1. The van der Waals surface area contributed by atoms with Crippen LogP contribution < -0.4 is 5.73 Å². The van der Waals surface area contributed by atoms with E-state index in [9.17, 15) is 8.42 Å². The molecule has 0 aliphatic rings. The molecule has 5 rings (SSSR count). The van der Waals surface area contributed by atoms with Crippen LogP contribution in [0.15, 0.2) is 128 Å². The van der Waals surface area contributed by atoms with Crippen molar-refractivity contribution in [2.75, 3.05) is 0 Å². The molecule has 0 atom stereocenters. The van der Waals surface area contributed by atoms with Gasteiger partial charge in [0.25, 0.3) is 10.0 Å². The number of nitrogens with two attached hydrogens (primary N) is 1. The molecule has 2 N–H and O–H groups in total. The van der Waals surface area contributed by atoms with Gasteiger partial charge in [-0.25, -0.2) is 0 Å². The normalized spacial score (nSPS) is 11.6. The fourth-order valence-corrected chi connectivity index (χ4v) is 5.13. The Balaban J connectivity index is 0.000000301. The van der Waals surface area contributed by atoms with Gasteiger partial charge in [-0.05, 0) is 63.8 Å². The zero-order chi connectivity index (χ0) is 31.1. The summed E-state index contributed by atoms with van der Waals surface area (Å²) < 4.78 is 46.5. The number of nitrogens with zero attached hydrogens (tertiary/aromatic N) is 5. The summed E-state index contributed by atoms with van der Waals surface area (Å²) in [6, 6.07) is 29.3. The van der Waals surface area contributed by atoms with E-state index in [0.29, 0.717) is 17.2 Å². The molecule has 0 amide bonds. The topological polar surface area (TPSA) is 158 Å². The van der Waals surface area contributed by atoms with E-state index >= 15 is 0 Å². The molecule has 43 heavy (non-hydrogen) atoms. The van der Waals surface area contributed by atoms with Crippen LogP contribution in [0, 0.1) is 0 Å². The second kappa shape index (κ2) is 17.1. The van der Waals surface area contributed by atoms with Crippen molar-refractivity contribution in [1.82, 2.24) is 4.98 Å².